The molecule has 0 aromatic carbocycles. The number of pyridine rings is 1. The summed E-state index contributed by atoms with van der Waals surface area (Å²) in [5.74, 6) is 0. The lowest BCUT2D eigenvalue weighted by atomic mass is 10.1. The third kappa shape index (κ3) is 1.35. The van der Waals surface area contributed by atoms with Crippen molar-refractivity contribution >= 4 is 5.52 Å². The Labute approximate surface area is 78.6 Å². The first-order chi connectivity index (χ1) is 6.70. The quantitative estimate of drug-likeness (QED) is 0.796. The van der Waals surface area contributed by atoms with Crippen LogP contribution in [0.2, 0.25) is 0 Å². The highest BCUT2D eigenvalue weighted by molar-refractivity contribution is 5.54. The van der Waals surface area contributed by atoms with Gasteiger partial charge < -0.3 is 5.11 Å². The summed E-state index contributed by atoms with van der Waals surface area (Å²) in [6.07, 6.45) is -1.67. The maximum atomic E-state index is 12.2. The maximum Gasteiger partial charge on any atom is 0.268 e. The predicted molar refractivity (Wildman–Crippen MR) is 46.2 cm³/mol. The smallest absolute Gasteiger partial charge is 0.268 e. The van der Waals surface area contributed by atoms with Crippen molar-refractivity contribution in [1.82, 2.24) is 9.61 Å². The Balaban J connectivity index is 2.53. The van der Waals surface area contributed by atoms with Crippen LogP contribution in [-0.2, 0) is 0 Å². The lowest BCUT2D eigenvalue weighted by Crippen LogP contribution is -2.07. The molecule has 2 aromatic heterocycles. The van der Waals surface area contributed by atoms with Crippen LogP contribution in [0.3, 0.4) is 0 Å². The van der Waals surface area contributed by atoms with E-state index in [1.54, 1.807) is 24.4 Å². The molecule has 2 rings (SSSR count). The molecule has 0 bridgehead atoms. The van der Waals surface area contributed by atoms with Crippen molar-refractivity contribution in [2.24, 2.45) is 0 Å². The molecule has 0 aliphatic heterocycles. The van der Waals surface area contributed by atoms with E-state index in [4.69, 9.17) is 0 Å². The third-order valence-electron chi connectivity index (χ3n) is 2.01. The van der Waals surface area contributed by atoms with Crippen molar-refractivity contribution in [3.8, 4) is 0 Å². The van der Waals surface area contributed by atoms with Crippen LogP contribution in [0.4, 0.5) is 8.78 Å². The molecule has 0 aliphatic rings. The van der Waals surface area contributed by atoms with E-state index in [1.807, 2.05) is 0 Å². The van der Waals surface area contributed by atoms with E-state index in [-0.39, 0.29) is 5.56 Å². The summed E-state index contributed by atoms with van der Waals surface area (Å²) in [4.78, 5) is 0. The molecule has 74 valence electrons. The Morgan fingerprint density at radius 3 is 2.86 bits per heavy atom. The van der Waals surface area contributed by atoms with Crippen molar-refractivity contribution in [1.29, 1.82) is 0 Å². The molecule has 14 heavy (non-hydrogen) atoms. The highest BCUT2D eigenvalue weighted by Gasteiger charge is 2.22. The van der Waals surface area contributed by atoms with Gasteiger partial charge in [0.1, 0.15) is 6.10 Å². The molecule has 2 aromatic rings. The van der Waals surface area contributed by atoms with Gasteiger partial charge in [0.2, 0.25) is 0 Å². The average Bonchev–Trinajstić information content (AvgIpc) is 2.60. The minimum absolute atomic E-state index is 0.153. The van der Waals surface area contributed by atoms with E-state index in [2.05, 4.69) is 5.10 Å². The van der Waals surface area contributed by atoms with Gasteiger partial charge in [0.15, 0.2) is 0 Å². The zero-order chi connectivity index (χ0) is 10.1. The zero-order valence-corrected chi connectivity index (χ0v) is 7.14. The van der Waals surface area contributed by atoms with Crippen LogP contribution in [0.25, 0.3) is 5.52 Å². The Kier molecular flexibility index (Phi) is 2.17. The van der Waals surface area contributed by atoms with Crippen molar-refractivity contribution in [3.63, 3.8) is 0 Å². The first kappa shape index (κ1) is 9.08. The zero-order valence-electron chi connectivity index (χ0n) is 7.14. The van der Waals surface area contributed by atoms with E-state index in [1.165, 1.54) is 10.7 Å². The van der Waals surface area contributed by atoms with Gasteiger partial charge in [-0.15, -0.1) is 0 Å². The molecule has 1 unspecified atom stereocenters. The second-order valence-corrected chi connectivity index (χ2v) is 2.91. The summed E-state index contributed by atoms with van der Waals surface area (Å²) in [6.45, 7) is 0. The lowest BCUT2D eigenvalue weighted by Gasteiger charge is -2.06. The SMILES string of the molecule is OC(c1cnn2ccccc12)C(F)F. The van der Waals surface area contributed by atoms with Crippen LogP contribution in [0, 0.1) is 0 Å². The van der Waals surface area contributed by atoms with Crippen molar-refractivity contribution in [2.45, 2.75) is 12.5 Å². The fraction of sp³-hybridized carbons (Fsp3) is 0.222. The van der Waals surface area contributed by atoms with E-state index in [0.717, 1.165) is 0 Å². The van der Waals surface area contributed by atoms with E-state index in [0.29, 0.717) is 5.52 Å². The second-order valence-electron chi connectivity index (χ2n) is 2.91. The number of nitrogens with zero attached hydrogens (tertiary/aromatic N) is 2. The normalized spacial score (nSPS) is 13.7. The molecular formula is C9H8F2N2O. The third-order valence-corrected chi connectivity index (χ3v) is 2.01. The maximum absolute atomic E-state index is 12.2. The topological polar surface area (TPSA) is 37.5 Å². The van der Waals surface area contributed by atoms with Crippen molar-refractivity contribution in [3.05, 3.63) is 36.2 Å². The van der Waals surface area contributed by atoms with E-state index >= 15 is 0 Å². The first-order valence-corrected chi connectivity index (χ1v) is 4.08. The number of aliphatic hydroxyl groups is 1. The first-order valence-electron chi connectivity index (χ1n) is 4.08. The van der Waals surface area contributed by atoms with Crippen LogP contribution < -0.4 is 0 Å². The summed E-state index contributed by atoms with van der Waals surface area (Å²) in [5.41, 5.74) is 0.654. The highest BCUT2D eigenvalue weighted by Crippen LogP contribution is 2.23. The van der Waals surface area contributed by atoms with Gasteiger partial charge in [-0.25, -0.2) is 13.3 Å². The van der Waals surface area contributed by atoms with Gasteiger partial charge in [-0.05, 0) is 12.1 Å². The Morgan fingerprint density at radius 1 is 1.36 bits per heavy atom. The van der Waals surface area contributed by atoms with Gasteiger partial charge in [-0.1, -0.05) is 6.07 Å². The minimum atomic E-state index is -2.79. The fourth-order valence-corrected chi connectivity index (χ4v) is 1.32. The second kappa shape index (κ2) is 3.34. The molecule has 1 N–H and O–H groups in total. The van der Waals surface area contributed by atoms with Gasteiger partial charge in [-0.2, -0.15) is 5.10 Å². The summed E-state index contributed by atoms with van der Waals surface area (Å²) in [7, 11) is 0. The van der Waals surface area contributed by atoms with E-state index in [9.17, 15) is 13.9 Å². The monoisotopic (exact) mass is 198 g/mol. The molecule has 2 heterocycles. The molecule has 0 spiro atoms. The summed E-state index contributed by atoms with van der Waals surface area (Å²) in [6, 6.07) is 5.07. The summed E-state index contributed by atoms with van der Waals surface area (Å²) >= 11 is 0. The lowest BCUT2D eigenvalue weighted by molar-refractivity contribution is -0.00499. The number of fused-ring (bicyclic) bond motifs is 1. The van der Waals surface area contributed by atoms with Gasteiger partial charge >= 0.3 is 0 Å². The van der Waals surface area contributed by atoms with Crippen LogP contribution >= 0.6 is 0 Å². The molecule has 0 saturated heterocycles. The fourth-order valence-electron chi connectivity index (χ4n) is 1.32. The van der Waals surface area contributed by atoms with Gasteiger partial charge in [0.05, 0.1) is 11.7 Å². The van der Waals surface area contributed by atoms with Gasteiger partial charge in [-0.3, -0.25) is 0 Å². The Bertz CT molecular complexity index is 441. The van der Waals surface area contributed by atoms with Crippen molar-refractivity contribution in [2.75, 3.05) is 0 Å². The van der Waals surface area contributed by atoms with Gasteiger partial charge in [0, 0.05) is 11.8 Å². The number of halogens is 2. The number of hydrogen-bond donors (Lipinski definition) is 1. The number of rotatable bonds is 2. The molecule has 0 saturated carbocycles. The standard InChI is InChI=1S/C9H8F2N2O/c10-9(11)8(14)6-5-12-13-4-2-1-3-7(6)13/h1-5,8-9,14H. The Morgan fingerprint density at radius 2 is 2.14 bits per heavy atom. The Hall–Kier alpha value is -1.49. The number of hydrogen-bond acceptors (Lipinski definition) is 2. The number of aromatic nitrogens is 2. The number of alkyl halides is 2. The predicted octanol–water partition coefficient (Wildman–Crippen LogP) is 1.63. The van der Waals surface area contributed by atoms with Crippen molar-refractivity contribution < 1.29 is 13.9 Å². The number of aliphatic hydroxyl groups excluding tert-OH is 1. The minimum Gasteiger partial charge on any atom is -0.382 e. The molecule has 0 radical (unpaired) electrons. The molecule has 0 fully saturated rings. The average molecular weight is 198 g/mol. The van der Waals surface area contributed by atoms with Gasteiger partial charge in [0.25, 0.3) is 6.43 Å². The van der Waals surface area contributed by atoms with E-state index < -0.39 is 12.5 Å². The molecule has 5 heteroatoms. The summed E-state index contributed by atoms with van der Waals surface area (Å²) in [5, 5.41) is 13.0. The molecule has 3 nitrogen and oxygen atoms in total. The van der Waals surface area contributed by atoms with Crippen LogP contribution in [0.5, 0.6) is 0 Å². The molecular weight excluding hydrogens is 190 g/mol. The highest BCUT2D eigenvalue weighted by atomic mass is 19.3. The molecule has 0 amide bonds. The summed E-state index contributed by atoms with van der Waals surface area (Å²) < 4.78 is 25.9. The largest absolute Gasteiger partial charge is 0.382 e. The van der Waals surface area contributed by atoms with Crippen LogP contribution in [-0.4, -0.2) is 21.1 Å². The van der Waals surface area contributed by atoms with Crippen LogP contribution in [0.15, 0.2) is 30.6 Å². The molecule has 1 atom stereocenters. The van der Waals surface area contributed by atoms with Crippen LogP contribution in [0.1, 0.15) is 11.7 Å². The molecule has 0 aliphatic carbocycles.